The van der Waals surface area contributed by atoms with E-state index in [1.165, 1.54) is 6.33 Å². The van der Waals surface area contributed by atoms with E-state index in [9.17, 15) is 4.79 Å². The van der Waals surface area contributed by atoms with E-state index in [-0.39, 0.29) is 18.1 Å². The SMILES string of the molecule is Cc1ccc(NC(=O)N[C@H](C)[C@@H](C)n2cncn2)cc1Cl. The Morgan fingerprint density at radius 2 is 2.14 bits per heavy atom. The quantitative estimate of drug-likeness (QED) is 0.912. The summed E-state index contributed by atoms with van der Waals surface area (Å²) < 4.78 is 1.70. The van der Waals surface area contributed by atoms with Crippen LogP contribution in [0.4, 0.5) is 10.5 Å². The number of hydrogen-bond donors (Lipinski definition) is 2. The first kappa shape index (κ1) is 15.3. The van der Waals surface area contributed by atoms with Crippen LogP contribution in [0.2, 0.25) is 5.02 Å². The number of nitrogens with zero attached hydrogens (tertiary/aromatic N) is 3. The van der Waals surface area contributed by atoms with Gasteiger partial charge in [0.2, 0.25) is 0 Å². The summed E-state index contributed by atoms with van der Waals surface area (Å²) in [5, 5.41) is 10.3. The lowest BCUT2D eigenvalue weighted by Crippen LogP contribution is -2.40. The molecule has 1 aromatic heterocycles. The van der Waals surface area contributed by atoms with Crippen LogP contribution in [0.5, 0.6) is 0 Å². The Labute approximate surface area is 128 Å². The van der Waals surface area contributed by atoms with E-state index in [0.29, 0.717) is 10.7 Å². The van der Waals surface area contributed by atoms with Crippen molar-refractivity contribution < 1.29 is 4.79 Å². The second kappa shape index (κ2) is 6.58. The first-order valence-corrected chi connectivity index (χ1v) is 7.03. The molecule has 0 unspecified atom stereocenters. The molecule has 0 aliphatic heterocycles. The second-order valence-corrected chi connectivity index (χ2v) is 5.37. The maximum atomic E-state index is 12.0. The molecular weight excluding hydrogens is 290 g/mol. The number of aryl methyl sites for hydroxylation is 1. The molecule has 2 atom stereocenters. The standard InChI is InChI=1S/C14H18ClN5O/c1-9-4-5-12(6-13(9)15)19-14(21)18-10(2)11(3)20-8-16-7-17-20/h4-8,10-11H,1-3H3,(H2,18,19,21)/t10-,11-/m1/s1. The molecular formula is C14H18ClN5O. The number of carbonyl (C=O) groups is 1. The fraction of sp³-hybridized carbons (Fsp3) is 0.357. The molecule has 2 N–H and O–H groups in total. The Kier molecular flexibility index (Phi) is 4.80. The predicted octanol–water partition coefficient (Wildman–Crippen LogP) is 3.01. The highest BCUT2D eigenvalue weighted by molar-refractivity contribution is 6.31. The number of rotatable bonds is 4. The third-order valence-corrected chi connectivity index (χ3v) is 3.77. The van der Waals surface area contributed by atoms with Gasteiger partial charge in [0.1, 0.15) is 12.7 Å². The number of amides is 2. The second-order valence-electron chi connectivity index (χ2n) is 4.97. The van der Waals surface area contributed by atoms with Gasteiger partial charge in [0.05, 0.1) is 6.04 Å². The number of carbonyl (C=O) groups excluding carboxylic acids is 1. The number of hydrogen-bond acceptors (Lipinski definition) is 3. The van der Waals surface area contributed by atoms with Crippen molar-refractivity contribution in [1.82, 2.24) is 20.1 Å². The van der Waals surface area contributed by atoms with Crippen LogP contribution < -0.4 is 10.6 Å². The summed E-state index contributed by atoms with van der Waals surface area (Å²) in [6, 6.07) is 5.01. The molecule has 2 aromatic rings. The lowest BCUT2D eigenvalue weighted by atomic mass is 10.2. The molecule has 0 radical (unpaired) electrons. The van der Waals surface area contributed by atoms with Crippen molar-refractivity contribution in [3.05, 3.63) is 41.4 Å². The zero-order valence-corrected chi connectivity index (χ0v) is 12.9. The van der Waals surface area contributed by atoms with Gasteiger partial charge in [0.25, 0.3) is 0 Å². The molecule has 0 bridgehead atoms. The van der Waals surface area contributed by atoms with Crippen LogP contribution in [0.25, 0.3) is 0 Å². The van der Waals surface area contributed by atoms with E-state index in [4.69, 9.17) is 11.6 Å². The van der Waals surface area contributed by atoms with E-state index in [1.807, 2.05) is 32.9 Å². The summed E-state index contributed by atoms with van der Waals surface area (Å²) in [6.07, 6.45) is 3.10. The van der Waals surface area contributed by atoms with Crippen LogP contribution in [-0.4, -0.2) is 26.8 Å². The average Bonchev–Trinajstić information content (AvgIpc) is 2.96. The van der Waals surface area contributed by atoms with E-state index in [1.54, 1.807) is 17.1 Å². The fourth-order valence-corrected chi connectivity index (χ4v) is 2.00. The Balaban J connectivity index is 1.93. The zero-order valence-electron chi connectivity index (χ0n) is 12.2. The Hall–Kier alpha value is -2.08. The van der Waals surface area contributed by atoms with Gasteiger partial charge in [-0.25, -0.2) is 14.5 Å². The maximum absolute atomic E-state index is 12.0. The topological polar surface area (TPSA) is 71.8 Å². The molecule has 0 aliphatic rings. The lowest BCUT2D eigenvalue weighted by molar-refractivity contribution is 0.244. The first-order valence-electron chi connectivity index (χ1n) is 6.65. The molecule has 1 aromatic carbocycles. The van der Waals surface area contributed by atoms with Crippen molar-refractivity contribution in [3.63, 3.8) is 0 Å². The van der Waals surface area contributed by atoms with Crippen LogP contribution in [0.15, 0.2) is 30.9 Å². The van der Waals surface area contributed by atoms with Gasteiger partial charge in [-0.2, -0.15) is 5.10 Å². The highest BCUT2D eigenvalue weighted by Gasteiger charge is 2.16. The van der Waals surface area contributed by atoms with Crippen LogP contribution in [-0.2, 0) is 0 Å². The molecule has 112 valence electrons. The monoisotopic (exact) mass is 307 g/mol. The summed E-state index contributed by atoms with van der Waals surface area (Å²) in [4.78, 5) is 15.9. The lowest BCUT2D eigenvalue weighted by Gasteiger charge is -2.21. The van der Waals surface area contributed by atoms with Crippen molar-refractivity contribution in [2.45, 2.75) is 32.9 Å². The molecule has 6 nitrogen and oxygen atoms in total. The Morgan fingerprint density at radius 1 is 1.38 bits per heavy atom. The van der Waals surface area contributed by atoms with E-state index < -0.39 is 0 Å². The van der Waals surface area contributed by atoms with E-state index >= 15 is 0 Å². The summed E-state index contributed by atoms with van der Waals surface area (Å²) >= 11 is 6.03. The molecule has 2 amide bonds. The highest BCUT2D eigenvalue weighted by atomic mass is 35.5. The minimum Gasteiger partial charge on any atom is -0.333 e. The van der Waals surface area contributed by atoms with Crippen molar-refractivity contribution in [3.8, 4) is 0 Å². The van der Waals surface area contributed by atoms with Crippen LogP contribution >= 0.6 is 11.6 Å². The molecule has 7 heteroatoms. The van der Waals surface area contributed by atoms with Gasteiger partial charge in [0.15, 0.2) is 0 Å². The van der Waals surface area contributed by atoms with Crippen molar-refractivity contribution in [2.75, 3.05) is 5.32 Å². The zero-order chi connectivity index (χ0) is 15.4. The molecule has 2 rings (SSSR count). The van der Waals surface area contributed by atoms with Gasteiger partial charge in [0, 0.05) is 16.8 Å². The number of nitrogens with one attached hydrogen (secondary N) is 2. The number of benzene rings is 1. The number of aromatic nitrogens is 3. The fourth-order valence-electron chi connectivity index (χ4n) is 1.82. The maximum Gasteiger partial charge on any atom is 0.319 e. The minimum absolute atomic E-state index is 0.000134. The smallest absolute Gasteiger partial charge is 0.319 e. The summed E-state index contributed by atoms with van der Waals surface area (Å²) in [5.74, 6) is 0. The van der Waals surface area contributed by atoms with Gasteiger partial charge in [-0.15, -0.1) is 0 Å². The van der Waals surface area contributed by atoms with Crippen LogP contribution in [0.1, 0.15) is 25.5 Å². The molecule has 0 fully saturated rings. The van der Waals surface area contributed by atoms with E-state index in [0.717, 1.165) is 5.56 Å². The largest absolute Gasteiger partial charge is 0.333 e. The number of anilines is 1. The Bertz CT molecular complexity index is 614. The van der Waals surface area contributed by atoms with Crippen LogP contribution in [0.3, 0.4) is 0 Å². The summed E-state index contributed by atoms with van der Waals surface area (Å²) in [6.45, 7) is 5.78. The molecule has 21 heavy (non-hydrogen) atoms. The third-order valence-electron chi connectivity index (χ3n) is 3.37. The normalized spacial score (nSPS) is 13.5. The predicted molar refractivity (Wildman–Crippen MR) is 82.5 cm³/mol. The molecule has 0 saturated heterocycles. The molecule has 0 spiro atoms. The van der Waals surface area contributed by atoms with Gasteiger partial charge in [-0.1, -0.05) is 17.7 Å². The van der Waals surface area contributed by atoms with Crippen LogP contribution in [0, 0.1) is 6.92 Å². The molecule has 0 saturated carbocycles. The van der Waals surface area contributed by atoms with E-state index in [2.05, 4.69) is 20.7 Å². The first-order chi connectivity index (χ1) is 9.97. The average molecular weight is 308 g/mol. The van der Waals surface area contributed by atoms with Gasteiger partial charge < -0.3 is 10.6 Å². The van der Waals surface area contributed by atoms with Gasteiger partial charge in [-0.05, 0) is 38.5 Å². The third kappa shape index (κ3) is 3.95. The van der Waals surface area contributed by atoms with Gasteiger partial charge >= 0.3 is 6.03 Å². The number of halogens is 1. The van der Waals surface area contributed by atoms with Crippen molar-refractivity contribution >= 4 is 23.3 Å². The molecule has 0 aliphatic carbocycles. The highest BCUT2D eigenvalue weighted by Crippen LogP contribution is 2.20. The van der Waals surface area contributed by atoms with Gasteiger partial charge in [-0.3, -0.25) is 0 Å². The number of urea groups is 1. The van der Waals surface area contributed by atoms with Crippen molar-refractivity contribution in [2.24, 2.45) is 0 Å². The van der Waals surface area contributed by atoms with Crippen molar-refractivity contribution in [1.29, 1.82) is 0 Å². The Morgan fingerprint density at radius 3 is 2.76 bits per heavy atom. The summed E-state index contributed by atoms with van der Waals surface area (Å²) in [5.41, 5.74) is 1.62. The summed E-state index contributed by atoms with van der Waals surface area (Å²) in [7, 11) is 0. The molecule has 1 heterocycles. The minimum atomic E-state index is -0.283.